The first-order valence-corrected chi connectivity index (χ1v) is 6.48. The van der Waals surface area contributed by atoms with E-state index >= 15 is 0 Å². The molecule has 21 heavy (non-hydrogen) atoms. The Kier molecular flexibility index (Phi) is 3.44. The number of hydrogen-bond donors (Lipinski definition) is 1. The predicted octanol–water partition coefficient (Wildman–Crippen LogP) is 3.75. The van der Waals surface area contributed by atoms with Crippen LogP contribution in [0.25, 0.3) is 11.3 Å². The van der Waals surface area contributed by atoms with Crippen LogP contribution in [0.3, 0.4) is 0 Å². The molecular formula is C14H12F4N2O. The van der Waals surface area contributed by atoms with Crippen LogP contribution in [0.4, 0.5) is 17.6 Å². The van der Waals surface area contributed by atoms with Gasteiger partial charge in [0.15, 0.2) is 5.76 Å². The molecule has 1 aliphatic carbocycles. The zero-order valence-electron chi connectivity index (χ0n) is 10.9. The van der Waals surface area contributed by atoms with Crippen LogP contribution < -0.4 is 5.32 Å². The average molecular weight is 300 g/mol. The summed E-state index contributed by atoms with van der Waals surface area (Å²) in [6.45, 7) is 0.429. The van der Waals surface area contributed by atoms with Crippen LogP contribution in [0.1, 0.15) is 24.3 Å². The molecule has 112 valence electrons. The normalized spacial score (nSPS) is 15.4. The fourth-order valence-corrected chi connectivity index (χ4v) is 1.94. The van der Waals surface area contributed by atoms with E-state index in [0.717, 1.165) is 25.0 Å². The lowest BCUT2D eigenvalue weighted by Crippen LogP contribution is -2.15. The van der Waals surface area contributed by atoms with Crippen molar-refractivity contribution in [1.29, 1.82) is 0 Å². The Morgan fingerprint density at radius 2 is 2.05 bits per heavy atom. The van der Waals surface area contributed by atoms with Crippen LogP contribution in [0.2, 0.25) is 0 Å². The number of nitrogens with one attached hydrogen (secondary N) is 1. The molecular weight excluding hydrogens is 288 g/mol. The van der Waals surface area contributed by atoms with Crippen molar-refractivity contribution in [2.75, 3.05) is 0 Å². The SMILES string of the molecule is Fc1ccc(-c2cnc(CNC3CC3)o2)cc1C(F)(F)F. The van der Waals surface area contributed by atoms with Gasteiger partial charge in [0.1, 0.15) is 5.82 Å². The molecule has 0 radical (unpaired) electrons. The van der Waals surface area contributed by atoms with Crippen LogP contribution in [0, 0.1) is 5.82 Å². The molecule has 1 aromatic heterocycles. The van der Waals surface area contributed by atoms with Crippen molar-refractivity contribution in [2.24, 2.45) is 0 Å². The maximum Gasteiger partial charge on any atom is 0.419 e. The first-order chi connectivity index (χ1) is 9.93. The third-order valence-electron chi connectivity index (χ3n) is 3.23. The highest BCUT2D eigenvalue weighted by Gasteiger charge is 2.34. The molecule has 3 nitrogen and oxygen atoms in total. The number of rotatable bonds is 4. The maximum absolute atomic E-state index is 13.2. The lowest BCUT2D eigenvalue weighted by atomic mass is 10.1. The summed E-state index contributed by atoms with van der Waals surface area (Å²) in [4.78, 5) is 4.00. The van der Waals surface area contributed by atoms with Crippen LogP contribution >= 0.6 is 0 Å². The van der Waals surface area contributed by atoms with Gasteiger partial charge in [-0.3, -0.25) is 0 Å². The van der Waals surface area contributed by atoms with Crippen molar-refractivity contribution in [2.45, 2.75) is 31.6 Å². The second-order valence-electron chi connectivity index (χ2n) is 4.97. The van der Waals surface area contributed by atoms with Crippen LogP contribution in [-0.4, -0.2) is 11.0 Å². The molecule has 1 aliphatic rings. The Labute approximate surface area is 118 Å². The van der Waals surface area contributed by atoms with E-state index < -0.39 is 17.6 Å². The smallest absolute Gasteiger partial charge is 0.419 e. The van der Waals surface area contributed by atoms with E-state index in [0.29, 0.717) is 18.5 Å². The van der Waals surface area contributed by atoms with E-state index in [2.05, 4.69) is 10.3 Å². The first kappa shape index (κ1) is 14.1. The number of benzene rings is 1. The molecule has 1 heterocycles. The van der Waals surface area contributed by atoms with Crippen LogP contribution in [0.5, 0.6) is 0 Å². The van der Waals surface area contributed by atoms with Gasteiger partial charge in [-0.1, -0.05) is 0 Å². The predicted molar refractivity (Wildman–Crippen MR) is 66.8 cm³/mol. The second-order valence-corrected chi connectivity index (χ2v) is 4.97. The Morgan fingerprint density at radius 1 is 1.29 bits per heavy atom. The van der Waals surface area contributed by atoms with Crippen molar-refractivity contribution in [3.05, 3.63) is 41.7 Å². The molecule has 0 amide bonds. The molecule has 0 spiro atoms. The van der Waals surface area contributed by atoms with Gasteiger partial charge in [0.2, 0.25) is 5.89 Å². The number of aromatic nitrogens is 1. The molecule has 1 aromatic carbocycles. The lowest BCUT2D eigenvalue weighted by Gasteiger charge is -2.08. The van der Waals surface area contributed by atoms with Gasteiger partial charge in [-0.2, -0.15) is 13.2 Å². The third kappa shape index (κ3) is 3.24. The summed E-state index contributed by atoms with van der Waals surface area (Å²) in [5, 5.41) is 3.19. The second kappa shape index (κ2) is 5.14. The molecule has 0 atom stereocenters. The largest absolute Gasteiger partial charge is 0.439 e. The van der Waals surface area contributed by atoms with Gasteiger partial charge < -0.3 is 9.73 Å². The number of alkyl halides is 3. The van der Waals surface area contributed by atoms with Crippen molar-refractivity contribution < 1.29 is 22.0 Å². The summed E-state index contributed by atoms with van der Waals surface area (Å²) >= 11 is 0. The minimum absolute atomic E-state index is 0.147. The zero-order chi connectivity index (χ0) is 15.0. The quantitative estimate of drug-likeness (QED) is 0.874. The number of nitrogens with zero attached hydrogens (tertiary/aromatic N) is 1. The standard InChI is InChI=1S/C14H12F4N2O/c15-11-4-1-8(5-10(11)14(16,17)18)12-6-20-13(21-12)7-19-9-2-3-9/h1,4-6,9,19H,2-3,7H2. The lowest BCUT2D eigenvalue weighted by molar-refractivity contribution is -0.139. The zero-order valence-corrected chi connectivity index (χ0v) is 10.9. The topological polar surface area (TPSA) is 38.1 Å². The molecule has 0 saturated heterocycles. The molecule has 1 saturated carbocycles. The summed E-state index contributed by atoms with van der Waals surface area (Å²) in [6.07, 6.45) is -1.17. The molecule has 1 fully saturated rings. The Balaban J connectivity index is 1.82. The van der Waals surface area contributed by atoms with E-state index in [1.54, 1.807) is 0 Å². The van der Waals surface area contributed by atoms with E-state index in [-0.39, 0.29) is 11.3 Å². The Morgan fingerprint density at radius 3 is 2.71 bits per heavy atom. The molecule has 2 aromatic rings. The van der Waals surface area contributed by atoms with E-state index in [1.165, 1.54) is 12.3 Å². The minimum atomic E-state index is -4.74. The number of oxazole rings is 1. The van der Waals surface area contributed by atoms with E-state index in [1.807, 2.05) is 0 Å². The monoisotopic (exact) mass is 300 g/mol. The fraction of sp³-hybridized carbons (Fsp3) is 0.357. The van der Waals surface area contributed by atoms with Gasteiger partial charge in [-0.15, -0.1) is 0 Å². The molecule has 7 heteroatoms. The van der Waals surface area contributed by atoms with E-state index in [9.17, 15) is 17.6 Å². The van der Waals surface area contributed by atoms with Crippen molar-refractivity contribution in [3.8, 4) is 11.3 Å². The fourth-order valence-electron chi connectivity index (χ4n) is 1.94. The minimum Gasteiger partial charge on any atom is -0.439 e. The summed E-state index contributed by atoms with van der Waals surface area (Å²) in [5.41, 5.74) is -1.16. The molecule has 3 rings (SSSR count). The highest BCUT2D eigenvalue weighted by Crippen LogP contribution is 2.34. The highest BCUT2D eigenvalue weighted by atomic mass is 19.4. The summed E-state index contributed by atoms with van der Waals surface area (Å²) in [5.74, 6) is -0.718. The van der Waals surface area contributed by atoms with E-state index in [4.69, 9.17) is 4.42 Å². The summed E-state index contributed by atoms with van der Waals surface area (Å²) in [7, 11) is 0. The Bertz CT molecular complexity index is 647. The maximum atomic E-state index is 13.2. The first-order valence-electron chi connectivity index (χ1n) is 6.48. The highest BCUT2D eigenvalue weighted by molar-refractivity contribution is 5.58. The summed E-state index contributed by atoms with van der Waals surface area (Å²) < 4.78 is 56.6. The van der Waals surface area contributed by atoms with Crippen molar-refractivity contribution in [3.63, 3.8) is 0 Å². The number of halogens is 4. The molecule has 1 N–H and O–H groups in total. The number of hydrogen-bond acceptors (Lipinski definition) is 3. The average Bonchev–Trinajstić information content (AvgIpc) is 3.13. The van der Waals surface area contributed by atoms with Gasteiger partial charge >= 0.3 is 6.18 Å². The van der Waals surface area contributed by atoms with Gasteiger partial charge in [0, 0.05) is 11.6 Å². The van der Waals surface area contributed by atoms with Crippen molar-refractivity contribution >= 4 is 0 Å². The van der Waals surface area contributed by atoms with Gasteiger partial charge in [-0.05, 0) is 31.0 Å². The van der Waals surface area contributed by atoms with Gasteiger partial charge in [-0.25, -0.2) is 9.37 Å². The van der Waals surface area contributed by atoms with Crippen molar-refractivity contribution in [1.82, 2.24) is 10.3 Å². The van der Waals surface area contributed by atoms with Crippen LogP contribution in [-0.2, 0) is 12.7 Å². The third-order valence-corrected chi connectivity index (χ3v) is 3.23. The Hall–Kier alpha value is -1.89. The van der Waals surface area contributed by atoms with Crippen LogP contribution in [0.15, 0.2) is 28.8 Å². The molecule has 0 aliphatic heterocycles. The molecule has 0 unspecified atom stereocenters. The van der Waals surface area contributed by atoms with Gasteiger partial charge in [0.25, 0.3) is 0 Å². The summed E-state index contributed by atoms with van der Waals surface area (Å²) in [6, 6.07) is 3.22. The van der Waals surface area contributed by atoms with Gasteiger partial charge in [0.05, 0.1) is 18.3 Å². The molecule has 0 bridgehead atoms.